The van der Waals surface area contributed by atoms with Gasteiger partial charge in [-0.3, -0.25) is 0 Å². The van der Waals surface area contributed by atoms with E-state index in [-0.39, 0.29) is 13.2 Å². The Kier molecular flexibility index (Phi) is 3.24. The molecule has 0 aromatic heterocycles. The zero-order chi connectivity index (χ0) is 10.8. The molecule has 1 aliphatic heterocycles. The topological polar surface area (TPSA) is 102 Å². The van der Waals surface area contributed by atoms with E-state index in [0.717, 1.165) is 0 Å². The molecule has 1 unspecified atom stereocenters. The Morgan fingerprint density at radius 1 is 1.57 bits per heavy atom. The average molecular weight is 226 g/mol. The third-order valence-corrected chi connectivity index (χ3v) is 2.26. The molecule has 0 amide bonds. The minimum Gasteiger partial charge on any atom is -0.382 e. The van der Waals surface area contributed by atoms with Crippen molar-refractivity contribution in [2.75, 3.05) is 13.2 Å². The van der Waals surface area contributed by atoms with E-state index in [1.54, 1.807) is 0 Å². The molecule has 0 saturated carbocycles. The first-order valence-electron chi connectivity index (χ1n) is 3.65. The van der Waals surface area contributed by atoms with Crippen LogP contribution in [0.2, 0.25) is 0 Å². The second kappa shape index (κ2) is 3.93. The fourth-order valence-electron chi connectivity index (χ4n) is 0.778. The van der Waals surface area contributed by atoms with Crippen LogP contribution < -0.4 is 0 Å². The van der Waals surface area contributed by atoms with Crippen molar-refractivity contribution < 1.29 is 31.7 Å². The van der Waals surface area contributed by atoms with Gasteiger partial charge < -0.3 is 14.9 Å². The van der Waals surface area contributed by atoms with Crippen LogP contribution in [0.3, 0.4) is 0 Å². The molecular weight excluding hydrogens is 216 g/mol. The van der Waals surface area contributed by atoms with Crippen molar-refractivity contribution in [2.24, 2.45) is 0 Å². The van der Waals surface area contributed by atoms with Gasteiger partial charge in [0.15, 0.2) is 6.10 Å². The third-order valence-electron chi connectivity index (χ3n) is 1.38. The van der Waals surface area contributed by atoms with E-state index in [2.05, 4.69) is 14.9 Å². The Morgan fingerprint density at radius 2 is 2.14 bits per heavy atom. The molecule has 1 fully saturated rings. The van der Waals surface area contributed by atoms with Crippen molar-refractivity contribution >= 4 is 10.4 Å². The third kappa shape index (κ3) is 2.50. The van der Waals surface area contributed by atoms with Crippen LogP contribution in [0, 0.1) is 0 Å². The van der Waals surface area contributed by atoms with E-state index in [4.69, 9.17) is 14.9 Å². The molecule has 7 nitrogen and oxygen atoms in total. The van der Waals surface area contributed by atoms with Crippen molar-refractivity contribution in [1.82, 2.24) is 0 Å². The number of hydrogen-bond acceptors (Lipinski definition) is 7. The summed E-state index contributed by atoms with van der Waals surface area (Å²) in [5.74, 6) is -2.53. The molecule has 1 heterocycles. The smallest absolute Gasteiger partial charge is 0.382 e. The highest BCUT2D eigenvalue weighted by Gasteiger charge is 2.56. The van der Waals surface area contributed by atoms with E-state index >= 15 is 0 Å². The normalized spacial score (nSPS) is 25.0. The SMILES string of the molecule is C=CCOCC(O)C1(O)OS(=O)(=O)O1. The lowest BCUT2D eigenvalue weighted by atomic mass is 10.3. The Bertz CT molecular complexity index is 296. The van der Waals surface area contributed by atoms with E-state index in [9.17, 15) is 8.42 Å². The Balaban J connectivity index is 2.38. The summed E-state index contributed by atoms with van der Waals surface area (Å²) in [5.41, 5.74) is 0. The molecule has 2 N–H and O–H groups in total. The highest BCUT2D eigenvalue weighted by atomic mass is 32.3. The van der Waals surface area contributed by atoms with Crippen LogP contribution >= 0.6 is 0 Å². The molecule has 0 aromatic carbocycles. The number of aliphatic hydroxyl groups excluding tert-OH is 1. The van der Waals surface area contributed by atoms with Crippen LogP contribution in [-0.2, 0) is 23.5 Å². The predicted molar refractivity (Wildman–Crippen MR) is 43.1 cm³/mol. The van der Waals surface area contributed by atoms with Gasteiger partial charge in [0.05, 0.1) is 13.2 Å². The van der Waals surface area contributed by atoms with Crippen LogP contribution in [-0.4, -0.2) is 43.9 Å². The Hall–Kier alpha value is -0.510. The van der Waals surface area contributed by atoms with Crippen molar-refractivity contribution in [1.29, 1.82) is 0 Å². The van der Waals surface area contributed by atoms with Gasteiger partial charge in [0.1, 0.15) is 0 Å². The Morgan fingerprint density at radius 3 is 2.57 bits per heavy atom. The van der Waals surface area contributed by atoms with Gasteiger partial charge >= 0.3 is 16.4 Å². The number of hydrogen-bond donors (Lipinski definition) is 2. The molecule has 0 aliphatic carbocycles. The minimum absolute atomic E-state index is 0.153. The summed E-state index contributed by atoms with van der Waals surface area (Å²) in [4.78, 5) is 0. The lowest BCUT2D eigenvalue weighted by Gasteiger charge is -2.36. The lowest BCUT2D eigenvalue weighted by molar-refractivity contribution is -0.370. The summed E-state index contributed by atoms with van der Waals surface area (Å²) in [6.07, 6.45) is -0.179. The van der Waals surface area contributed by atoms with Crippen LogP contribution in [0.25, 0.3) is 0 Å². The molecule has 1 saturated heterocycles. The van der Waals surface area contributed by atoms with E-state index in [0.29, 0.717) is 0 Å². The average Bonchev–Trinajstić information content (AvgIpc) is 2.00. The summed E-state index contributed by atoms with van der Waals surface area (Å²) in [5, 5.41) is 18.3. The summed E-state index contributed by atoms with van der Waals surface area (Å²) in [6, 6.07) is 0. The summed E-state index contributed by atoms with van der Waals surface area (Å²) in [7, 11) is -4.15. The van der Waals surface area contributed by atoms with Gasteiger partial charge in [-0.2, -0.15) is 16.8 Å². The number of aliphatic hydroxyl groups is 2. The monoisotopic (exact) mass is 226 g/mol. The van der Waals surface area contributed by atoms with Gasteiger partial charge in [-0.1, -0.05) is 6.08 Å². The van der Waals surface area contributed by atoms with Gasteiger partial charge in [-0.25, -0.2) is 0 Å². The van der Waals surface area contributed by atoms with Crippen LogP contribution in [0.4, 0.5) is 0 Å². The zero-order valence-corrected chi connectivity index (χ0v) is 7.94. The maximum atomic E-state index is 10.4. The molecule has 0 spiro atoms. The maximum absolute atomic E-state index is 10.4. The molecule has 0 aromatic rings. The second-order valence-electron chi connectivity index (χ2n) is 2.55. The van der Waals surface area contributed by atoms with Crippen LogP contribution in [0.1, 0.15) is 0 Å². The summed E-state index contributed by atoms with van der Waals surface area (Å²) < 4.78 is 33.4. The number of rotatable bonds is 5. The fraction of sp³-hybridized carbons (Fsp3) is 0.667. The molecule has 1 atom stereocenters. The second-order valence-corrected chi connectivity index (χ2v) is 3.70. The molecule has 14 heavy (non-hydrogen) atoms. The molecular formula is C6H10O7S. The maximum Gasteiger partial charge on any atom is 0.409 e. The highest BCUT2D eigenvalue weighted by molar-refractivity contribution is 7.82. The van der Waals surface area contributed by atoms with E-state index in [1.165, 1.54) is 6.08 Å². The molecule has 8 heteroatoms. The van der Waals surface area contributed by atoms with Gasteiger partial charge in [-0.05, 0) is 0 Å². The Labute approximate surface area is 80.8 Å². The van der Waals surface area contributed by atoms with E-state index in [1.807, 2.05) is 0 Å². The van der Waals surface area contributed by atoms with Gasteiger partial charge in [-0.15, -0.1) is 6.58 Å². The van der Waals surface area contributed by atoms with E-state index < -0.39 is 22.5 Å². The molecule has 1 aliphatic rings. The van der Waals surface area contributed by atoms with Crippen LogP contribution in [0.5, 0.6) is 0 Å². The lowest BCUT2D eigenvalue weighted by Crippen LogP contribution is -2.59. The first-order valence-corrected chi connectivity index (χ1v) is 4.98. The van der Waals surface area contributed by atoms with Gasteiger partial charge in [0.2, 0.25) is 0 Å². The van der Waals surface area contributed by atoms with Crippen LogP contribution in [0.15, 0.2) is 12.7 Å². The van der Waals surface area contributed by atoms with Gasteiger partial charge in [0, 0.05) is 0 Å². The molecule has 0 bridgehead atoms. The minimum atomic E-state index is -4.15. The zero-order valence-electron chi connectivity index (χ0n) is 7.12. The van der Waals surface area contributed by atoms with Crippen molar-refractivity contribution in [3.05, 3.63) is 12.7 Å². The molecule has 0 radical (unpaired) electrons. The first-order chi connectivity index (χ1) is 6.40. The largest absolute Gasteiger partial charge is 0.409 e. The predicted octanol–water partition coefficient (Wildman–Crippen LogP) is -1.51. The number of ether oxygens (including phenoxy) is 1. The summed E-state index contributed by atoms with van der Waals surface area (Å²) in [6.45, 7) is 3.17. The van der Waals surface area contributed by atoms with Crippen molar-refractivity contribution in [3.8, 4) is 0 Å². The summed E-state index contributed by atoms with van der Waals surface area (Å²) >= 11 is 0. The first kappa shape index (κ1) is 11.6. The van der Waals surface area contributed by atoms with Crippen molar-refractivity contribution in [3.63, 3.8) is 0 Å². The van der Waals surface area contributed by atoms with Gasteiger partial charge in [0.25, 0.3) is 0 Å². The molecule has 82 valence electrons. The van der Waals surface area contributed by atoms with Crippen molar-refractivity contribution in [2.45, 2.75) is 12.1 Å². The quantitative estimate of drug-likeness (QED) is 0.434. The molecule has 1 rings (SSSR count). The highest BCUT2D eigenvalue weighted by Crippen LogP contribution is 2.31. The fourth-order valence-corrected chi connectivity index (χ4v) is 1.60. The standard InChI is InChI=1S/C6H10O7S/c1-2-3-11-4-5(7)6(8)12-14(9,10)13-6/h2,5,7-8H,1,3-4H2.